The molecule has 20 heavy (non-hydrogen) atoms. The maximum atomic E-state index is 12.2. The first-order valence-electron chi connectivity index (χ1n) is 6.32. The summed E-state index contributed by atoms with van der Waals surface area (Å²) in [5, 5.41) is 10.3. The number of allylic oxidation sites excluding steroid dienone is 1. The van der Waals surface area contributed by atoms with Gasteiger partial charge in [-0.2, -0.15) is 0 Å². The summed E-state index contributed by atoms with van der Waals surface area (Å²) in [5.74, 6) is -0.767. The van der Waals surface area contributed by atoms with Crippen molar-refractivity contribution in [1.29, 1.82) is 0 Å². The number of hydrogen-bond acceptors (Lipinski definition) is 5. The molecule has 5 nitrogen and oxygen atoms in total. The third kappa shape index (κ3) is 2.05. The molecule has 1 aromatic carbocycles. The molecule has 1 N–H and O–H groups in total. The van der Waals surface area contributed by atoms with Crippen LogP contribution in [0.2, 0.25) is 0 Å². The molecule has 0 radical (unpaired) electrons. The summed E-state index contributed by atoms with van der Waals surface area (Å²) in [6, 6.07) is 3.01. The number of carbonyl (C=O) groups is 2. The molecule has 0 bridgehead atoms. The van der Waals surface area contributed by atoms with E-state index in [2.05, 4.69) is 0 Å². The molecule has 0 amide bonds. The number of aliphatic hydroxyl groups is 1. The summed E-state index contributed by atoms with van der Waals surface area (Å²) in [6.07, 6.45) is 1.01. The van der Waals surface area contributed by atoms with Crippen molar-refractivity contribution in [2.45, 2.75) is 19.8 Å². The quantitative estimate of drug-likeness (QED) is 0.855. The number of Topliss-reactive ketones (excluding diaryl/α,β-unsaturated/α-hetero) is 2. The lowest BCUT2D eigenvalue weighted by molar-refractivity contribution is -0.112. The SMILES string of the molecule is CCCC1=C(O)c2c(OC)cc(OC)cc2C(=O)C1=O. The van der Waals surface area contributed by atoms with E-state index in [0.29, 0.717) is 24.3 Å². The highest BCUT2D eigenvalue weighted by molar-refractivity contribution is 6.52. The number of ketones is 2. The molecule has 0 aromatic heterocycles. The molecular weight excluding hydrogens is 260 g/mol. The van der Waals surface area contributed by atoms with E-state index in [4.69, 9.17) is 9.47 Å². The van der Waals surface area contributed by atoms with Gasteiger partial charge < -0.3 is 14.6 Å². The normalized spacial score (nSPS) is 14.3. The maximum absolute atomic E-state index is 12.2. The zero-order valence-corrected chi connectivity index (χ0v) is 11.6. The molecule has 0 saturated carbocycles. The minimum Gasteiger partial charge on any atom is -0.507 e. The molecule has 0 unspecified atom stereocenters. The van der Waals surface area contributed by atoms with Gasteiger partial charge in [-0.05, 0) is 12.5 Å². The summed E-state index contributed by atoms with van der Waals surface area (Å²) in [4.78, 5) is 24.2. The van der Waals surface area contributed by atoms with Gasteiger partial charge >= 0.3 is 0 Å². The van der Waals surface area contributed by atoms with Crippen LogP contribution in [0.1, 0.15) is 35.7 Å². The van der Waals surface area contributed by atoms with Crippen LogP contribution in [-0.2, 0) is 4.79 Å². The van der Waals surface area contributed by atoms with E-state index in [-0.39, 0.29) is 22.5 Å². The molecule has 1 aliphatic carbocycles. The number of hydrogen-bond donors (Lipinski definition) is 1. The van der Waals surface area contributed by atoms with Gasteiger partial charge in [-0.15, -0.1) is 0 Å². The summed E-state index contributed by atoms with van der Waals surface area (Å²) >= 11 is 0. The second-order valence-electron chi connectivity index (χ2n) is 4.49. The maximum Gasteiger partial charge on any atom is 0.234 e. The molecule has 2 rings (SSSR count). The first kappa shape index (κ1) is 14.1. The van der Waals surface area contributed by atoms with E-state index in [1.54, 1.807) is 6.07 Å². The minimum absolute atomic E-state index is 0.114. The number of carbonyl (C=O) groups excluding carboxylic acids is 2. The Morgan fingerprint density at radius 1 is 1.10 bits per heavy atom. The van der Waals surface area contributed by atoms with Crippen LogP contribution in [-0.4, -0.2) is 30.9 Å². The fourth-order valence-corrected chi connectivity index (χ4v) is 2.29. The summed E-state index contributed by atoms with van der Waals surface area (Å²) in [5.41, 5.74) is 0.526. The van der Waals surface area contributed by atoms with E-state index < -0.39 is 11.6 Å². The van der Waals surface area contributed by atoms with Crippen LogP contribution in [0.15, 0.2) is 17.7 Å². The number of ether oxygens (including phenoxy) is 2. The molecule has 0 fully saturated rings. The largest absolute Gasteiger partial charge is 0.507 e. The number of rotatable bonds is 4. The standard InChI is InChI=1S/C15H16O5/c1-4-5-9-13(16)12-10(15(18)14(9)17)6-8(19-2)7-11(12)20-3/h6-7,16H,4-5H2,1-3H3. The molecule has 0 spiro atoms. The van der Waals surface area contributed by atoms with Crippen LogP contribution in [0.5, 0.6) is 11.5 Å². The van der Waals surface area contributed by atoms with Crippen LogP contribution in [0.4, 0.5) is 0 Å². The monoisotopic (exact) mass is 276 g/mol. The van der Waals surface area contributed by atoms with Crippen molar-refractivity contribution in [2.24, 2.45) is 0 Å². The number of methoxy groups -OCH3 is 2. The predicted molar refractivity (Wildman–Crippen MR) is 73.3 cm³/mol. The van der Waals surface area contributed by atoms with Crippen LogP contribution < -0.4 is 9.47 Å². The van der Waals surface area contributed by atoms with Gasteiger partial charge in [0.05, 0.1) is 19.8 Å². The third-order valence-electron chi connectivity index (χ3n) is 3.28. The minimum atomic E-state index is -0.660. The molecule has 0 atom stereocenters. The lowest BCUT2D eigenvalue weighted by Crippen LogP contribution is -2.24. The first-order chi connectivity index (χ1) is 9.54. The van der Waals surface area contributed by atoms with Gasteiger partial charge in [0, 0.05) is 17.2 Å². The van der Waals surface area contributed by atoms with Crippen molar-refractivity contribution in [1.82, 2.24) is 0 Å². The van der Waals surface area contributed by atoms with Gasteiger partial charge in [-0.1, -0.05) is 13.3 Å². The molecule has 1 aromatic rings. The second-order valence-corrected chi connectivity index (χ2v) is 4.49. The highest BCUT2D eigenvalue weighted by atomic mass is 16.5. The number of aliphatic hydroxyl groups excluding tert-OH is 1. The van der Waals surface area contributed by atoms with E-state index in [0.717, 1.165) is 0 Å². The Balaban J connectivity index is 2.75. The Morgan fingerprint density at radius 2 is 1.80 bits per heavy atom. The zero-order chi connectivity index (χ0) is 14.9. The van der Waals surface area contributed by atoms with Crippen molar-refractivity contribution < 1.29 is 24.2 Å². The molecule has 106 valence electrons. The predicted octanol–water partition coefficient (Wildman–Crippen LogP) is 2.54. The summed E-state index contributed by atoms with van der Waals surface area (Å²) in [7, 11) is 2.89. The number of benzene rings is 1. The Morgan fingerprint density at radius 3 is 2.35 bits per heavy atom. The average molecular weight is 276 g/mol. The summed E-state index contributed by atoms with van der Waals surface area (Å²) in [6.45, 7) is 1.87. The summed E-state index contributed by atoms with van der Waals surface area (Å²) < 4.78 is 10.3. The molecular formula is C15H16O5. The van der Waals surface area contributed by atoms with Gasteiger partial charge in [0.25, 0.3) is 0 Å². The van der Waals surface area contributed by atoms with Crippen molar-refractivity contribution in [2.75, 3.05) is 14.2 Å². The molecule has 1 aliphatic rings. The molecule has 5 heteroatoms. The van der Waals surface area contributed by atoms with Gasteiger partial charge in [0.15, 0.2) is 0 Å². The van der Waals surface area contributed by atoms with Crippen LogP contribution >= 0.6 is 0 Å². The second kappa shape index (κ2) is 5.36. The molecule has 0 saturated heterocycles. The molecule has 0 aliphatic heterocycles. The van der Waals surface area contributed by atoms with E-state index in [1.807, 2.05) is 6.92 Å². The smallest absolute Gasteiger partial charge is 0.234 e. The Labute approximate surface area is 116 Å². The Hall–Kier alpha value is -2.30. The number of fused-ring (bicyclic) bond motifs is 1. The molecule has 0 heterocycles. The van der Waals surface area contributed by atoms with Gasteiger partial charge in [0.1, 0.15) is 17.3 Å². The third-order valence-corrected chi connectivity index (χ3v) is 3.28. The lowest BCUT2D eigenvalue weighted by Gasteiger charge is -2.20. The van der Waals surface area contributed by atoms with Crippen LogP contribution in [0.3, 0.4) is 0 Å². The van der Waals surface area contributed by atoms with Crippen molar-refractivity contribution in [3.63, 3.8) is 0 Å². The first-order valence-corrected chi connectivity index (χ1v) is 6.32. The van der Waals surface area contributed by atoms with E-state index >= 15 is 0 Å². The van der Waals surface area contributed by atoms with Crippen LogP contribution in [0.25, 0.3) is 5.76 Å². The lowest BCUT2D eigenvalue weighted by atomic mass is 9.86. The van der Waals surface area contributed by atoms with Crippen molar-refractivity contribution in [3.05, 3.63) is 28.8 Å². The van der Waals surface area contributed by atoms with Gasteiger partial charge in [-0.3, -0.25) is 9.59 Å². The highest BCUT2D eigenvalue weighted by Crippen LogP contribution is 2.38. The Kier molecular flexibility index (Phi) is 3.79. The fraction of sp³-hybridized carbons (Fsp3) is 0.333. The van der Waals surface area contributed by atoms with Gasteiger partial charge in [-0.25, -0.2) is 0 Å². The zero-order valence-electron chi connectivity index (χ0n) is 11.6. The van der Waals surface area contributed by atoms with E-state index in [1.165, 1.54) is 20.3 Å². The highest BCUT2D eigenvalue weighted by Gasteiger charge is 2.35. The van der Waals surface area contributed by atoms with E-state index in [9.17, 15) is 14.7 Å². The topological polar surface area (TPSA) is 72.8 Å². The van der Waals surface area contributed by atoms with Crippen molar-refractivity contribution >= 4 is 17.3 Å². The average Bonchev–Trinajstić information content (AvgIpc) is 2.47. The Bertz CT molecular complexity index is 613. The van der Waals surface area contributed by atoms with Crippen LogP contribution in [0, 0.1) is 0 Å². The van der Waals surface area contributed by atoms with Crippen molar-refractivity contribution in [3.8, 4) is 11.5 Å². The fourth-order valence-electron chi connectivity index (χ4n) is 2.29. The van der Waals surface area contributed by atoms with Gasteiger partial charge in [0.2, 0.25) is 11.6 Å².